The number of carbonyl (C=O) groups excluding carboxylic acids is 2. The minimum atomic E-state index is -0.897. The zero-order valence-electron chi connectivity index (χ0n) is 15.3. The minimum Gasteiger partial charge on any atom is -0.480 e. The van der Waals surface area contributed by atoms with Gasteiger partial charge in [-0.15, -0.1) is 0 Å². The van der Waals surface area contributed by atoms with Gasteiger partial charge in [-0.1, -0.05) is 29.8 Å². The number of rotatable bonds is 8. The summed E-state index contributed by atoms with van der Waals surface area (Å²) in [5, 5.41) is 8.81. The van der Waals surface area contributed by atoms with Crippen molar-refractivity contribution in [1.29, 1.82) is 0 Å². The summed E-state index contributed by atoms with van der Waals surface area (Å²) >= 11 is 0. The van der Waals surface area contributed by atoms with E-state index in [1.165, 1.54) is 0 Å². The molecule has 1 heterocycles. The number of aryl methyl sites for hydroxylation is 1. The van der Waals surface area contributed by atoms with E-state index in [1.807, 2.05) is 19.1 Å². The van der Waals surface area contributed by atoms with Crippen molar-refractivity contribution in [2.75, 3.05) is 39.8 Å². The highest BCUT2D eigenvalue weighted by Crippen LogP contribution is 2.12. The summed E-state index contributed by atoms with van der Waals surface area (Å²) in [7, 11) is 1.71. The van der Waals surface area contributed by atoms with Crippen LogP contribution in [-0.4, -0.2) is 78.5 Å². The van der Waals surface area contributed by atoms with Gasteiger partial charge in [0, 0.05) is 38.0 Å². The van der Waals surface area contributed by atoms with Crippen molar-refractivity contribution >= 4 is 17.7 Å². The van der Waals surface area contributed by atoms with E-state index < -0.39 is 5.97 Å². The van der Waals surface area contributed by atoms with E-state index in [0.717, 1.165) is 5.56 Å². The minimum absolute atomic E-state index is 0.0376. The number of amides is 1. The highest BCUT2D eigenvalue weighted by molar-refractivity contribution is 5.98. The van der Waals surface area contributed by atoms with Crippen LogP contribution < -0.4 is 0 Å². The molecule has 1 unspecified atom stereocenters. The average Bonchev–Trinajstić information content (AvgIpc) is 2.59. The summed E-state index contributed by atoms with van der Waals surface area (Å²) in [6.07, 6.45) is 0.137. The highest BCUT2D eigenvalue weighted by atomic mass is 16.5. The second kappa shape index (κ2) is 9.45. The molecule has 0 spiro atoms. The van der Waals surface area contributed by atoms with Crippen molar-refractivity contribution in [2.45, 2.75) is 25.9 Å². The van der Waals surface area contributed by atoms with Gasteiger partial charge in [0.25, 0.3) is 0 Å². The molecule has 1 fully saturated rings. The third-order valence-corrected chi connectivity index (χ3v) is 4.35. The van der Waals surface area contributed by atoms with Crippen molar-refractivity contribution in [2.24, 2.45) is 0 Å². The molecule has 26 heavy (non-hydrogen) atoms. The summed E-state index contributed by atoms with van der Waals surface area (Å²) in [5.74, 6) is -1.00. The number of ether oxygens (including phenoxy) is 1. The number of hydrogen-bond acceptors (Lipinski definition) is 5. The predicted molar refractivity (Wildman–Crippen MR) is 96.2 cm³/mol. The van der Waals surface area contributed by atoms with E-state index in [9.17, 15) is 14.4 Å². The molecule has 0 aromatic heterocycles. The van der Waals surface area contributed by atoms with Gasteiger partial charge in [0.15, 0.2) is 5.78 Å². The van der Waals surface area contributed by atoms with Crippen LogP contribution >= 0.6 is 0 Å². The van der Waals surface area contributed by atoms with Gasteiger partial charge in [0.1, 0.15) is 0 Å². The van der Waals surface area contributed by atoms with Gasteiger partial charge < -0.3 is 14.7 Å². The lowest BCUT2D eigenvalue weighted by Gasteiger charge is -2.34. The zero-order chi connectivity index (χ0) is 19.1. The van der Waals surface area contributed by atoms with Gasteiger partial charge >= 0.3 is 5.97 Å². The number of carboxylic acids is 1. The first kappa shape index (κ1) is 20.1. The Morgan fingerprint density at radius 1 is 1.23 bits per heavy atom. The smallest absolute Gasteiger partial charge is 0.317 e. The van der Waals surface area contributed by atoms with Gasteiger partial charge in [0.2, 0.25) is 5.91 Å². The first-order valence-corrected chi connectivity index (χ1v) is 8.74. The monoisotopic (exact) mass is 362 g/mol. The highest BCUT2D eigenvalue weighted by Gasteiger charge is 2.25. The summed E-state index contributed by atoms with van der Waals surface area (Å²) in [5.41, 5.74) is 1.71. The summed E-state index contributed by atoms with van der Waals surface area (Å²) < 4.78 is 5.62. The van der Waals surface area contributed by atoms with Crippen LogP contribution in [0.5, 0.6) is 0 Å². The Bertz CT molecular complexity index is 644. The maximum Gasteiger partial charge on any atom is 0.317 e. The molecule has 1 aliphatic rings. The van der Waals surface area contributed by atoms with Crippen LogP contribution in [0.3, 0.4) is 0 Å². The molecule has 142 valence electrons. The van der Waals surface area contributed by atoms with Crippen molar-refractivity contribution in [1.82, 2.24) is 9.80 Å². The molecule has 0 aliphatic carbocycles. The van der Waals surface area contributed by atoms with Crippen molar-refractivity contribution in [3.8, 4) is 0 Å². The Hall–Kier alpha value is -2.25. The van der Waals surface area contributed by atoms with Crippen LogP contribution in [0.15, 0.2) is 24.3 Å². The van der Waals surface area contributed by atoms with Crippen LogP contribution in [-0.2, 0) is 14.3 Å². The number of Topliss-reactive ketones (excluding diaryl/α,β-unsaturated/α-hetero) is 1. The van der Waals surface area contributed by atoms with Crippen LogP contribution in [0.1, 0.15) is 28.8 Å². The normalized spacial score (nSPS) is 17.3. The van der Waals surface area contributed by atoms with Crippen molar-refractivity contribution < 1.29 is 24.2 Å². The molecule has 1 saturated heterocycles. The van der Waals surface area contributed by atoms with Crippen molar-refractivity contribution in [3.05, 3.63) is 35.4 Å². The first-order valence-electron chi connectivity index (χ1n) is 8.74. The summed E-state index contributed by atoms with van der Waals surface area (Å²) in [6.45, 7) is 3.67. The topological polar surface area (TPSA) is 87.2 Å². The number of nitrogens with zero attached hydrogens (tertiary/aromatic N) is 2. The van der Waals surface area contributed by atoms with Gasteiger partial charge in [-0.05, 0) is 14.0 Å². The largest absolute Gasteiger partial charge is 0.480 e. The molecule has 0 radical (unpaired) electrons. The quantitative estimate of drug-likeness (QED) is 0.700. The average molecular weight is 362 g/mol. The summed E-state index contributed by atoms with van der Waals surface area (Å²) in [4.78, 5) is 38.7. The van der Waals surface area contributed by atoms with E-state index in [0.29, 0.717) is 31.8 Å². The molecular formula is C19H26N2O5. The number of ketones is 1. The molecule has 1 N–H and O–H groups in total. The Labute approximate surface area is 153 Å². The first-order chi connectivity index (χ1) is 12.3. The number of morpholine rings is 1. The summed E-state index contributed by atoms with van der Waals surface area (Å²) in [6, 6.07) is 7.33. The molecule has 1 aromatic carbocycles. The van der Waals surface area contributed by atoms with Crippen LogP contribution in [0.2, 0.25) is 0 Å². The number of aliphatic carboxylic acids is 1. The lowest BCUT2D eigenvalue weighted by atomic mass is 10.0. The number of carbonyl (C=O) groups is 3. The van der Waals surface area contributed by atoms with Gasteiger partial charge in [-0.25, -0.2) is 0 Å². The second-order valence-corrected chi connectivity index (χ2v) is 6.71. The molecule has 0 saturated carbocycles. The Balaban J connectivity index is 1.80. The molecule has 7 heteroatoms. The van der Waals surface area contributed by atoms with E-state index in [4.69, 9.17) is 9.84 Å². The fourth-order valence-electron chi connectivity index (χ4n) is 2.96. The Kier molecular flexibility index (Phi) is 7.29. The fourth-order valence-corrected chi connectivity index (χ4v) is 2.96. The SMILES string of the molecule is Cc1ccc(C(=O)CCC(=O)N2CCOC(CN(C)CC(=O)O)C2)cc1. The molecule has 7 nitrogen and oxygen atoms in total. The molecular weight excluding hydrogens is 336 g/mol. The van der Waals surface area contributed by atoms with Gasteiger partial charge in [0.05, 0.1) is 19.3 Å². The molecule has 1 atom stereocenters. The van der Waals surface area contributed by atoms with Gasteiger partial charge in [-0.3, -0.25) is 19.3 Å². The lowest BCUT2D eigenvalue weighted by molar-refractivity contribution is -0.142. The second-order valence-electron chi connectivity index (χ2n) is 6.71. The van der Waals surface area contributed by atoms with Crippen LogP contribution in [0, 0.1) is 6.92 Å². The number of carboxylic acid groups (broad SMARTS) is 1. The number of hydrogen-bond donors (Lipinski definition) is 1. The Morgan fingerprint density at radius 2 is 1.92 bits per heavy atom. The van der Waals surface area contributed by atoms with Crippen LogP contribution in [0.4, 0.5) is 0 Å². The lowest BCUT2D eigenvalue weighted by Crippen LogP contribution is -2.49. The molecule has 1 aliphatic heterocycles. The standard InChI is InChI=1S/C19H26N2O5/c1-14-3-5-15(6-4-14)17(22)7-8-18(23)21-9-10-26-16(12-21)11-20(2)13-19(24)25/h3-6,16H,7-13H2,1-2H3,(H,24,25). The number of likely N-dealkylation sites (N-methyl/N-ethyl adjacent to an activating group) is 1. The third-order valence-electron chi connectivity index (χ3n) is 4.35. The van der Waals surface area contributed by atoms with E-state index in [2.05, 4.69) is 0 Å². The molecule has 0 bridgehead atoms. The third kappa shape index (κ3) is 6.24. The molecule has 1 amide bonds. The van der Waals surface area contributed by atoms with Crippen LogP contribution in [0.25, 0.3) is 0 Å². The fraction of sp³-hybridized carbons (Fsp3) is 0.526. The number of benzene rings is 1. The van der Waals surface area contributed by atoms with E-state index in [-0.39, 0.29) is 37.2 Å². The predicted octanol–water partition coefficient (Wildman–Crippen LogP) is 1.20. The van der Waals surface area contributed by atoms with Gasteiger partial charge in [-0.2, -0.15) is 0 Å². The molecule has 1 aromatic rings. The van der Waals surface area contributed by atoms with E-state index >= 15 is 0 Å². The zero-order valence-corrected chi connectivity index (χ0v) is 15.3. The maximum absolute atomic E-state index is 12.4. The Morgan fingerprint density at radius 3 is 2.58 bits per heavy atom. The maximum atomic E-state index is 12.4. The van der Waals surface area contributed by atoms with Crippen molar-refractivity contribution in [3.63, 3.8) is 0 Å². The molecule has 2 rings (SSSR count). The van der Waals surface area contributed by atoms with E-state index in [1.54, 1.807) is 29.0 Å².